The molecule has 1 atom stereocenters. The van der Waals surface area contributed by atoms with Gasteiger partial charge in [-0.15, -0.1) is 0 Å². The van der Waals surface area contributed by atoms with E-state index in [1.54, 1.807) is 36.4 Å². The van der Waals surface area contributed by atoms with Gasteiger partial charge in [-0.1, -0.05) is 54.1 Å². The average molecular weight is 491 g/mol. The number of nitriles is 1. The first-order chi connectivity index (χ1) is 16.8. The molecule has 0 heterocycles. The quantitative estimate of drug-likeness (QED) is 0.374. The molecular formula is C25H19ClN4O5. The van der Waals surface area contributed by atoms with E-state index in [9.17, 15) is 29.5 Å². The number of carbonyl (C=O) groups is 4. The van der Waals surface area contributed by atoms with Gasteiger partial charge in [0.25, 0.3) is 0 Å². The standard InChI is InChI=1S/C25H19ClN4O5/c26-17-11-10-16(14-27)20(13-17)29-23(32)24(33)30-21(12-15-6-2-1-3-7-15)22(31)28-19-9-5-4-8-18(19)25(34)35/h1-11,13,21H,12H2,(H,28,31)(H,29,32)(H,30,33)(H,34,35). The number of carboxylic acid groups (broad SMARTS) is 1. The van der Waals surface area contributed by atoms with E-state index in [2.05, 4.69) is 16.0 Å². The highest BCUT2D eigenvalue weighted by molar-refractivity contribution is 6.40. The zero-order chi connectivity index (χ0) is 25.4. The number of hydrogen-bond acceptors (Lipinski definition) is 5. The number of carbonyl (C=O) groups excluding carboxylic acids is 3. The Hall–Kier alpha value is -4.68. The number of carboxylic acids is 1. The van der Waals surface area contributed by atoms with Crippen LogP contribution in [-0.4, -0.2) is 34.8 Å². The predicted molar refractivity (Wildman–Crippen MR) is 129 cm³/mol. The van der Waals surface area contributed by atoms with E-state index >= 15 is 0 Å². The van der Waals surface area contributed by atoms with Crippen LogP contribution in [0, 0.1) is 11.3 Å². The molecule has 0 aliphatic carbocycles. The topological polar surface area (TPSA) is 148 Å². The summed E-state index contributed by atoms with van der Waals surface area (Å²) in [6.45, 7) is 0. The van der Waals surface area contributed by atoms with Crippen LogP contribution in [0.3, 0.4) is 0 Å². The van der Waals surface area contributed by atoms with Crippen molar-refractivity contribution >= 4 is 46.7 Å². The first-order valence-corrected chi connectivity index (χ1v) is 10.6. The van der Waals surface area contributed by atoms with Crippen LogP contribution in [0.15, 0.2) is 72.8 Å². The normalized spacial score (nSPS) is 11.0. The maximum absolute atomic E-state index is 13.0. The molecule has 0 spiro atoms. The predicted octanol–water partition coefficient (Wildman–Crippen LogP) is 3.21. The second kappa shape index (κ2) is 11.4. The molecule has 10 heteroatoms. The maximum atomic E-state index is 13.0. The number of hydrogen-bond donors (Lipinski definition) is 4. The van der Waals surface area contributed by atoms with Crippen molar-refractivity contribution in [3.63, 3.8) is 0 Å². The number of para-hydroxylation sites is 1. The Labute approximate surface area is 205 Å². The van der Waals surface area contributed by atoms with E-state index < -0.39 is 29.7 Å². The minimum absolute atomic E-state index is 0.0293. The molecule has 3 aromatic carbocycles. The third-order valence-electron chi connectivity index (χ3n) is 4.88. The van der Waals surface area contributed by atoms with Gasteiger partial charge in [0.15, 0.2) is 0 Å². The summed E-state index contributed by atoms with van der Waals surface area (Å²) in [5.74, 6) is -4.19. The highest BCUT2D eigenvalue weighted by Gasteiger charge is 2.26. The van der Waals surface area contributed by atoms with Crippen LogP contribution in [0.5, 0.6) is 0 Å². The SMILES string of the molecule is N#Cc1ccc(Cl)cc1NC(=O)C(=O)NC(Cc1ccccc1)C(=O)Nc1ccccc1C(=O)O. The Bertz CT molecular complexity index is 1320. The van der Waals surface area contributed by atoms with E-state index in [0.29, 0.717) is 5.56 Å². The van der Waals surface area contributed by atoms with Crippen molar-refractivity contribution in [1.82, 2.24) is 5.32 Å². The molecule has 3 amide bonds. The van der Waals surface area contributed by atoms with Crippen molar-refractivity contribution in [3.8, 4) is 6.07 Å². The molecule has 0 saturated heterocycles. The Morgan fingerprint density at radius 1 is 0.886 bits per heavy atom. The van der Waals surface area contributed by atoms with Crippen LogP contribution in [0.4, 0.5) is 11.4 Å². The second-order valence-corrected chi connectivity index (χ2v) is 7.75. The lowest BCUT2D eigenvalue weighted by molar-refractivity contribution is -0.137. The Balaban J connectivity index is 1.81. The van der Waals surface area contributed by atoms with Crippen molar-refractivity contribution < 1.29 is 24.3 Å². The van der Waals surface area contributed by atoms with Gasteiger partial charge in [0.05, 0.1) is 22.5 Å². The van der Waals surface area contributed by atoms with Gasteiger partial charge in [-0.3, -0.25) is 14.4 Å². The van der Waals surface area contributed by atoms with Crippen LogP contribution < -0.4 is 16.0 Å². The monoisotopic (exact) mass is 490 g/mol. The number of nitrogens with one attached hydrogen (secondary N) is 3. The smallest absolute Gasteiger partial charge is 0.337 e. The van der Waals surface area contributed by atoms with E-state index in [-0.39, 0.29) is 33.9 Å². The molecule has 0 saturated carbocycles. The molecule has 0 radical (unpaired) electrons. The Morgan fingerprint density at radius 3 is 2.26 bits per heavy atom. The number of nitrogens with zero attached hydrogens (tertiary/aromatic N) is 1. The van der Waals surface area contributed by atoms with Crippen LogP contribution in [0.25, 0.3) is 0 Å². The molecule has 4 N–H and O–H groups in total. The lowest BCUT2D eigenvalue weighted by atomic mass is 10.0. The maximum Gasteiger partial charge on any atom is 0.337 e. The van der Waals surface area contributed by atoms with Gasteiger partial charge in [-0.05, 0) is 35.9 Å². The molecule has 3 rings (SSSR count). The third kappa shape index (κ3) is 6.66. The van der Waals surface area contributed by atoms with Crippen molar-refractivity contribution in [3.05, 3.63) is 94.5 Å². The number of amides is 3. The van der Waals surface area contributed by atoms with Crippen molar-refractivity contribution in [2.24, 2.45) is 0 Å². The lowest BCUT2D eigenvalue weighted by Gasteiger charge is -2.19. The molecule has 0 bridgehead atoms. The van der Waals surface area contributed by atoms with Crippen LogP contribution >= 0.6 is 11.6 Å². The molecule has 176 valence electrons. The minimum atomic E-state index is -1.24. The zero-order valence-corrected chi connectivity index (χ0v) is 18.9. The molecule has 9 nitrogen and oxygen atoms in total. The van der Waals surface area contributed by atoms with Crippen LogP contribution in [0.1, 0.15) is 21.5 Å². The summed E-state index contributed by atoms with van der Waals surface area (Å²) in [6.07, 6.45) is 0.0293. The molecular weight excluding hydrogens is 472 g/mol. The summed E-state index contributed by atoms with van der Waals surface area (Å²) >= 11 is 5.91. The van der Waals surface area contributed by atoms with Gasteiger partial charge < -0.3 is 21.1 Å². The van der Waals surface area contributed by atoms with Gasteiger partial charge in [-0.25, -0.2) is 4.79 Å². The summed E-state index contributed by atoms with van der Waals surface area (Å²) in [5.41, 5.74) is 0.744. The molecule has 1 unspecified atom stereocenters. The number of rotatable bonds is 7. The van der Waals surface area contributed by atoms with Gasteiger partial charge in [0.1, 0.15) is 12.1 Å². The summed E-state index contributed by atoms with van der Waals surface area (Å²) < 4.78 is 0. The van der Waals surface area contributed by atoms with Gasteiger partial charge in [0.2, 0.25) is 5.91 Å². The molecule has 3 aromatic rings. The third-order valence-corrected chi connectivity index (χ3v) is 5.11. The molecule has 0 aliphatic rings. The van der Waals surface area contributed by atoms with Gasteiger partial charge >= 0.3 is 17.8 Å². The molecule has 35 heavy (non-hydrogen) atoms. The second-order valence-electron chi connectivity index (χ2n) is 7.31. The van der Waals surface area contributed by atoms with E-state index in [4.69, 9.17) is 11.6 Å². The van der Waals surface area contributed by atoms with Crippen molar-refractivity contribution in [1.29, 1.82) is 5.26 Å². The summed E-state index contributed by atoms with van der Waals surface area (Å²) in [5, 5.41) is 26.0. The molecule has 0 aliphatic heterocycles. The first-order valence-electron chi connectivity index (χ1n) is 10.3. The lowest BCUT2D eigenvalue weighted by Crippen LogP contribution is -2.49. The number of halogens is 1. The molecule has 0 fully saturated rings. The van der Waals surface area contributed by atoms with Crippen LogP contribution in [0.2, 0.25) is 5.02 Å². The Kier molecular flexibility index (Phi) is 8.16. The summed E-state index contributed by atoms with van der Waals surface area (Å²) in [7, 11) is 0. The minimum Gasteiger partial charge on any atom is -0.478 e. The first kappa shape index (κ1) is 25.0. The number of anilines is 2. The largest absolute Gasteiger partial charge is 0.478 e. The number of benzene rings is 3. The highest BCUT2D eigenvalue weighted by Crippen LogP contribution is 2.20. The fraction of sp³-hybridized carbons (Fsp3) is 0.0800. The Morgan fingerprint density at radius 2 is 1.57 bits per heavy atom. The highest BCUT2D eigenvalue weighted by atomic mass is 35.5. The fourth-order valence-corrected chi connectivity index (χ4v) is 3.35. The molecule has 0 aromatic heterocycles. The summed E-state index contributed by atoms with van der Waals surface area (Å²) in [4.78, 5) is 49.7. The summed E-state index contributed by atoms with van der Waals surface area (Å²) in [6, 6.07) is 19.4. The van der Waals surface area contributed by atoms with E-state index in [1.165, 1.54) is 36.4 Å². The zero-order valence-electron chi connectivity index (χ0n) is 18.1. The fourth-order valence-electron chi connectivity index (χ4n) is 3.18. The van der Waals surface area contributed by atoms with Crippen molar-refractivity contribution in [2.75, 3.05) is 10.6 Å². The van der Waals surface area contributed by atoms with Crippen molar-refractivity contribution in [2.45, 2.75) is 12.5 Å². The van der Waals surface area contributed by atoms with E-state index in [0.717, 1.165) is 0 Å². The van der Waals surface area contributed by atoms with E-state index in [1.807, 2.05) is 6.07 Å². The van der Waals surface area contributed by atoms with Crippen LogP contribution in [-0.2, 0) is 20.8 Å². The van der Waals surface area contributed by atoms with Gasteiger partial charge in [-0.2, -0.15) is 5.26 Å². The average Bonchev–Trinajstić information content (AvgIpc) is 2.84. The van der Waals surface area contributed by atoms with Gasteiger partial charge in [0, 0.05) is 11.4 Å². The number of aromatic carboxylic acids is 1.